The predicted molar refractivity (Wildman–Crippen MR) is 60.6 cm³/mol. The number of hydrogen-bond acceptors (Lipinski definition) is 1. The zero-order valence-corrected chi connectivity index (χ0v) is 9.17. The molecule has 2 rings (SSSR count). The van der Waals surface area contributed by atoms with Gasteiger partial charge in [0.05, 0.1) is 0 Å². The standard InChI is InChI=1S/C13H18FN/c1-10-3-2-4-12(9-10)13(14)11-5-7-15-8-6-11/h2-4,9,11,13,15H,5-8H2,1H3. The van der Waals surface area contributed by atoms with Crippen LogP contribution in [-0.4, -0.2) is 13.1 Å². The number of hydrogen-bond donors (Lipinski definition) is 1. The van der Waals surface area contributed by atoms with Crippen molar-refractivity contribution < 1.29 is 4.39 Å². The van der Waals surface area contributed by atoms with Gasteiger partial charge < -0.3 is 5.32 Å². The Bertz CT molecular complexity index is 318. The van der Waals surface area contributed by atoms with E-state index >= 15 is 0 Å². The van der Waals surface area contributed by atoms with Gasteiger partial charge in [-0.1, -0.05) is 29.8 Å². The number of aryl methyl sites for hydroxylation is 1. The molecule has 0 bridgehead atoms. The van der Waals surface area contributed by atoms with Crippen LogP contribution >= 0.6 is 0 Å². The Morgan fingerprint density at radius 1 is 1.33 bits per heavy atom. The molecule has 0 radical (unpaired) electrons. The molecule has 0 saturated carbocycles. The molecule has 1 nitrogen and oxygen atoms in total. The van der Waals surface area contributed by atoms with Crippen molar-refractivity contribution >= 4 is 0 Å². The van der Waals surface area contributed by atoms with Gasteiger partial charge in [0.2, 0.25) is 0 Å². The molecule has 1 atom stereocenters. The molecule has 1 heterocycles. The Kier molecular flexibility index (Phi) is 3.37. The maximum atomic E-state index is 14.2. The van der Waals surface area contributed by atoms with Crippen molar-refractivity contribution in [1.29, 1.82) is 0 Å². The van der Waals surface area contributed by atoms with Crippen LogP contribution in [0.2, 0.25) is 0 Å². The molecule has 1 aliphatic rings. The summed E-state index contributed by atoms with van der Waals surface area (Å²) < 4.78 is 14.2. The summed E-state index contributed by atoms with van der Waals surface area (Å²) >= 11 is 0. The number of piperidine rings is 1. The van der Waals surface area contributed by atoms with E-state index in [4.69, 9.17) is 0 Å². The fourth-order valence-corrected chi connectivity index (χ4v) is 2.25. The molecule has 0 aliphatic carbocycles. The minimum atomic E-state index is -0.785. The van der Waals surface area contributed by atoms with Crippen molar-refractivity contribution in [3.05, 3.63) is 35.4 Å². The van der Waals surface area contributed by atoms with Gasteiger partial charge in [-0.25, -0.2) is 4.39 Å². The Labute approximate surface area is 90.7 Å². The van der Waals surface area contributed by atoms with Gasteiger partial charge in [0.15, 0.2) is 0 Å². The highest BCUT2D eigenvalue weighted by Crippen LogP contribution is 2.32. The molecule has 2 heteroatoms. The lowest BCUT2D eigenvalue weighted by molar-refractivity contribution is 0.190. The highest BCUT2D eigenvalue weighted by atomic mass is 19.1. The zero-order chi connectivity index (χ0) is 10.7. The van der Waals surface area contributed by atoms with Crippen molar-refractivity contribution in [3.63, 3.8) is 0 Å². The second-order valence-electron chi connectivity index (χ2n) is 4.40. The van der Waals surface area contributed by atoms with E-state index in [9.17, 15) is 4.39 Å². The second-order valence-corrected chi connectivity index (χ2v) is 4.40. The Morgan fingerprint density at radius 3 is 2.73 bits per heavy atom. The zero-order valence-electron chi connectivity index (χ0n) is 9.17. The van der Waals surface area contributed by atoms with Gasteiger partial charge in [-0.15, -0.1) is 0 Å². The molecule has 1 unspecified atom stereocenters. The van der Waals surface area contributed by atoms with Gasteiger partial charge >= 0.3 is 0 Å². The van der Waals surface area contributed by atoms with Crippen LogP contribution in [0.4, 0.5) is 4.39 Å². The third-order valence-electron chi connectivity index (χ3n) is 3.16. The van der Waals surface area contributed by atoms with Crippen LogP contribution in [0.5, 0.6) is 0 Å². The lowest BCUT2D eigenvalue weighted by atomic mass is 9.89. The fourth-order valence-electron chi connectivity index (χ4n) is 2.25. The molecule has 1 fully saturated rings. The van der Waals surface area contributed by atoms with Crippen molar-refractivity contribution in [3.8, 4) is 0 Å². The summed E-state index contributed by atoms with van der Waals surface area (Å²) in [5.41, 5.74) is 1.99. The molecule has 0 spiro atoms. The number of rotatable bonds is 2. The van der Waals surface area contributed by atoms with E-state index in [2.05, 4.69) is 5.32 Å². The second kappa shape index (κ2) is 4.75. The Balaban J connectivity index is 2.08. The number of alkyl halides is 1. The average Bonchev–Trinajstić information content (AvgIpc) is 2.29. The van der Waals surface area contributed by atoms with Crippen LogP contribution in [0.15, 0.2) is 24.3 Å². The molecule has 15 heavy (non-hydrogen) atoms. The lowest BCUT2D eigenvalue weighted by Gasteiger charge is -2.26. The summed E-state index contributed by atoms with van der Waals surface area (Å²) in [4.78, 5) is 0. The SMILES string of the molecule is Cc1cccc(C(F)C2CCNCC2)c1. The summed E-state index contributed by atoms with van der Waals surface area (Å²) in [5, 5.41) is 3.27. The number of benzene rings is 1. The smallest absolute Gasteiger partial charge is 0.128 e. The molecular weight excluding hydrogens is 189 g/mol. The van der Waals surface area contributed by atoms with Gasteiger partial charge in [-0.2, -0.15) is 0 Å². The van der Waals surface area contributed by atoms with Gasteiger partial charge in [-0.3, -0.25) is 0 Å². The third-order valence-corrected chi connectivity index (χ3v) is 3.16. The average molecular weight is 207 g/mol. The van der Waals surface area contributed by atoms with E-state index in [0.29, 0.717) is 0 Å². The van der Waals surface area contributed by atoms with Crippen LogP contribution in [0.25, 0.3) is 0 Å². The number of nitrogens with one attached hydrogen (secondary N) is 1. The van der Waals surface area contributed by atoms with Crippen molar-refractivity contribution in [2.24, 2.45) is 5.92 Å². The van der Waals surface area contributed by atoms with Crippen LogP contribution < -0.4 is 5.32 Å². The summed E-state index contributed by atoms with van der Waals surface area (Å²) in [5.74, 6) is 0.202. The van der Waals surface area contributed by atoms with Crippen molar-refractivity contribution in [2.45, 2.75) is 25.9 Å². The Hall–Kier alpha value is -0.890. The van der Waals surface area contributed by atoms with Crippen molar-refractivity contribution in [1.82, 2.24) is 5.32 Å². The van der Waals surface area contributed by atoms with E-state index in [1.165, 1.54) is 0 Å². The third kappa shape index (κ3) is 2.57. The summed E-state index contributed by atoms with van der Waals surface area (Å²) in [6.07, 6.45) is 1.12. The summed E-state index contributed by atoms with van der Waals surface area (Å²) in [6, 6.07) is 7.82. The van der Waals surface area contributed by atoms with Crippen LogP contribution in [0.3, 0.4) is 0 Å². The minimum absolute atomic E-state index is 0.202. The van der Waals surface area contributed by atoms with E-state index in [1.54, 1.807) is 0 Å². The number of halogens is 1. The van der Waals surface area contributed by atoms with Crippen LogP contribution in [0.1, 0.15) is 30.1 Å². The molecular formula is C13H18FN. The van der Waals surface area contributed by atoms with E-state index in [-0.39, 0.29) is 5.92 Å². The van der Waals surface area contributed by atoms with E-state index in [0.717, 1.165) is 37.1 Å². The van der Waals surface area contributed by atoms with Gasteiger partial charge in [0.25, 0.3) is 0 Å². The normalized spacial score (nSPS) is 20.1. The summed E-state index contributed by atoms with van der Waals surface area (Å²) in [6.45, 7) is 3.92. The first kappa shape index (κ1) is 10.6. The molecule has 1 saturated heterocycles. The topological polar surface area (TPSA) is 12.0 Å². The molecule has 1 aromatic rings. The predicted octanol–water partition coefficient (Wildman–Crippen LogP) is 3.01. The van der Waals surface area contributed by atoms with E-state index in [1.807, 2.05) is 31.2 Å². The Morgan fingerprint density at radius 2 is 2.07 bits per heavy atom. The quantitative estimate of drug-likeness (QED) is 0.786. The highest BCUT2D eigenvalue weighted by Gasteiger charge is 2.24. The van der Waals surface area contributed by atoms with Gasteiger partial charge in [0.1, 0.15) is 6.17 Å². The van der Waals surface area contributed by atoms with Crippen molar-refractivity contribution in [2.75, 3.05) is 13.1 Å². The van der Waals surface area contributed by atoms with Gasteiger partial charge in [-0.05, 0) is 44.3 Å². The monoisotopic (exact) mass is 207 g/mol. The highest BCUT2D eigenvalue weighted by molar-refractivity contribution is 5.24. The largest absolute Gasteiger partial charge is 0.317 e. The lowest BCUT2D eigenvalue weighted by Crippen LogP contribution is -2.29. The first-order valence-corrected chi connectivity index (χ1v) is 5.69. The first-order chi connectivity index (χ1) is 7.27. The first-order valence-electron chi connectivity index (χ1n) is 5.69. The molecule has 82 valence electrons. The van der Waals surface area contributed by atoms with Crippen LogP contribution in [-0.2, 0) is 0 Å². The molecule has 0 aromatic heterocycles. The van der Waals surface area contributed by atoms with E-state index < -0.39 is 6.17 Å². The summed E-state index contributed by atoms with van der Waals surface area (Å²) in [7, 11) is 0. The molecule has 1 N–H and O–H groups in total. The molecule has 1 aliphatic heterocycles. The van der Waals surface area contributed by atoms with Crippen LogP contribution in [0, 0.1) is 12.8 Å². The molecule has 0 amide bonds. The maximum Gasteiger partial charge on any atom is 0.128 e. The fraction of sp³-hybridized carbons (Fsp3) is 0.538. The minimum Gasteiger partial charge on any atom is -0.317 e. The maximum absolute atomic E-state index is 14.2. The van der Waals surface area contributed by atoms with Gasteiger partial charge in [0, 0.05) is 0 Å². The molecule has 1 aromatic carbocycles.